The highest BCUT2D eigenvalue weighted by molar-refractivity contribution is 6.42. The van der Waals surface area contributed by atoms with Crippen molar-refractivity contribution in [2.75, 3.05) is 11.9 Å². The topological polar surface area (TPSA) is 55.4 Å². The van der Waals surface area contributed by atoms with Crippen LogP contribution in [0.2, 0.25) is 15.1 Å². The summed E-state index contributed by atoms with van der Waals surface area (Å²) in [6.07, 6.45) is -2.14. The number of alkyl halides is 3. The molecular weight excluding hydrogens is 442 g/mol. The number of halogens is 6. The molecular formula is C18H11Cl3F3NO3. The van der Waals surface area contributed by atoms with Gasteiger partial charge in [0.25, 0.3) is 5.91 Å². The van der Waals surface area contributed by atoms with E-state index >= 15 is 0 Å². The second-order valence-electron chi connectivity index (χ2n) is 5.36. The Bertz CT molecular complexity index is 930. The van der Waals surface area contributed by atoms with E-state index in [1.807, 2.05) is 0 Å². The number of nitrogens with one attached hydrogen (secondary N) is 1. The molecule has 0 saturated carbocycles. The van der Waals surface area contributed by atoms with Gasteiger partial charge >= 0.3 is 12.1 Å². The fourth-order valence-corrected chi connectivity index (χ4v) is 2.42. The molecule has 0 radical (unpaired) electrons. The number of ether oxygens (including phenoxy) is 1. The molecule has 0 spiro atoms. The average molecular weight is 453 g/mol. The summed E-state index contributed by atoms with van der Waals surface area (Å²) in [5, 5.41) is 2.72. The molecule has 0 aromatic heterocycles. The van der Waals surface area contributed by atoms with Crippen molar-refractivity contribution >= 4 is 58.4 Å². The Kier molecular flexibility index (Phi) is 7.35. The van der Waals surface area contributed by atoms with Crippen LogP contribution in [0, 0.1) is 0 Å². The largest absolute Gasteiger partial charge is 0.452 e. The number of rotatable bonds is 5. The summed E-state index contributed by atoms with van der Waals surface area (Å²) in [4.78, 5) is 23.5. The lowest BCUT2D eigenvalue weighted by atomic mass is 10.2. The second-order valence-corrected chi connectivity index (χ2v) is 6.58. The second kappa shape index (κ2) is 9.32. The summed E-state index contributed by atoms with van der Waals surface area (Å²) in [6, 6.07) is 7.15. The first-order chi connectivity index (χ1) is 13.1. The summed E-state index contributed by atoms with van der Waals surface area (Å²) in [6.45, 7) is -0.711. The van der Waals surface area contributed by atoms with Crippen molar-refractivity contribution in [2.24, 2.45) is 0 Å². The molecule has 0 atom stereocenters. The first-order valence-corrected chi connectivity index (χ1v) is 8.66. The number of amides is 1. The van der Waals surface area contributed by atoms with E-state index in [0.29, 0.717) is 21.7 Å². The van der Waals surface area contributed by atoms with Gasteiger partial charge in [-0.3, -0.25) is 4.79 Å². The van der Waals surface area contributed by atoms with E-state index in [-0.39, 0.29) is 10.7 Å². The lowest BCUT2D eigenvalue weighted by Crippen LogP contribution is -2.20. The van der Waals surface area contributed by atoms with E-state index in [2.05, 4.69) is 5.32 Å². The third-order valence-corrected chi connectivity index (χ3v) is 4.34. The number of carbonyl (C=O) groups is 2. The highest BCUT2D eigenvalue weighted by Crippen LogP contribution is 2.33. The predicted octanol–water partition coefficient (Wildman–Crippen LogP) is 5.86. The van der Waals surface area contributed by atoms with Crippen LogP contribution in [0.4, 0.5) is 18.9 Å². The van der Waals surface area contributed by atoms with Crippen LogP contribution in [0.3, 0.4) is 0 Å². The van der Waals surface area contributed by atoms with Crippen molar-refractivity contribution in [3.05, 3.63) is 68.7 Å². The van der Waals surface area contributed by atoms with Crippen LogP contribution in [0.15, 0.2) is 42.5 Å². The lowest BCUT2D eigenvalue weighted by Gasteiger charge is -2.11. The SMILES string of the molecule is O=C(COC(=O)C=Cc1ccc(Cl)c(Cl)c1)Nc1cc(C(F)(F)F)ccc1Cl. The minimum absolute atomic E-state index is 0.0906. The van der Waals surface area contributed by atoms with Crippen molar-refractivity contribution in [3.8, 4) is 0 Å². The molecule has 2 aromatic carbocycles. The average Bonchev–Trinajstić information content (AvgIpc) is 2.62. The van der Waals surface area contributed by atoms with Gasteiger partial charge in [-0.05, 0) is 42.0 Å². The fourth-order valence-electron chi connectivity index (χ4n) is 1.95. The van der Waals surface area contributed by atoms with Gasteiger partial charge in [0.1, 0.15) is 0 Å². The zero-order valence-corrected chi connectivity index (χ0v) is 16.1. The Balaban J connectivity index is 1.92. The Morgan fingerprint density at radius 2 is 1.68 bits per heavy atom. The van der Waals surface area contributed by atoms with Crippen molar-refractivity contribution in [3.63, 3.8) is 0 Å². The maximum atomic E-state index is 12.7. The molecule has 0 unspecified atom stereocenters. The molecule has 10 heteroatoms. The van der Waals surface area contributed by atoms with Gasteiger partial charge in [-0.25, -0.2) is 4.79 Å². The van der Waals surface area contributed by atoms with Crippen LogP contribution in [0.25, 0.3) is 6.08 Å². The van der Waals surface area contributed by atoms with Crippen molar-refractivity contribution < 1.29 is 27.5 Å². The van der Waals surface area contributed by atoms with Gasteiger partial charge in [0, 0.05) is 6.08 Å². The van der Waals surface area contributed by atoms with Crippen molar-refractivity contribution in [1.29, 1.82) is 0 Å². The monoisotopic (exact) mass is 451 g/mol. The number of benzene rings is 2. The number of hydrogen-bond donors (Lipinski definition) is 1. The molecule has 4 nitrogen and oxygen atoms in total. The maximum Gasteiger partial charge on any atom is 0.416 e. The number of carbonyl (C=O) groups excluding carboxylic acids is 2. The van der Waals surface area contributed by atoms with E-state index in [1.54, 1.807) is 12.1 Å². The molecule has 0 heterocycles. The molecule has 0 fully saturated rings. The zero-order valence-electron chi connectivity index (χ0n) is 13.8. The maximum absolute atomic E-state index is 12.7. The van der Waals surface area contributed by atoms with Gasteiger partial charge in [-0.15, -0.1) is 0 Å². The molecule has 1 amide bonds. The first kappa shape index (κ1) is 22.1. The third-order valence-electron chi connectivity index (χ3n) is 3.27. The Morgan fingerprint density at radius 3 is 2.32 bits per heavy atom. The van der Waals surface area contributed by atoms with Gasteiger partial charge in [-0.1, -0.05) is 40.9 Å². The third kappa shape index (κ3) is 6.44. The summed E-state index contributed by atoms with van der Waals surface area (Å²) >= 11 is 17.4. The molecule has 0 bridgehead atoms. The first-order valence-electron chi connectivity index (χ1n) is 7.53. The molecule has 28 heavy (non-hydrogen) atoms. The highest BCUT2D eigenvalue weighted by Gasteiger charge is 2.31. The van der Waals surface area contributed by atoms with Crippen molar-refractivity contribution in [1.82, 2.24) is 0 Å². The lowest BCUT2D eigenvalue weighted by molar-refractivity contribution is -0.142. The Labute approximate surface area is 172 Å². The van der Waals surface area contributed by atoms with Gasteiger partial charge in [0.2, 0.25) is 0 Å². The summed E-state index contributed by atoms with van der Waals surface area (Å²) in [5.74, 6) is -1.69. The zero-order chi connectivity index (χ0) is 20.9. The van der Waals surface area contributed by atoms with E-state index < -0.39 is 30.2 Å². The van der Waals surface area contributed by atoms with Crippen LogP contribution in [0.5, 0.6) is 0 Å². The molecule has 0 aliphatic heterocycles. The number of hydrogen-bond acceptors (Lipinski definition) is 3. The molecule has 0 saturated heterocycles. The minimum atomic E-state index is -4.59. The summed E-state index contributed by atoms with van der Waals surface area (Å²) in [5.41, 5.74) is -0.649. The smallest absolute Gasteiger partial charge is 0.416 e. The summed E-state index contributed by atoms with van der Waals surface area (Å²) < 4.78 is 42.9. The van der Waals surface area contributed by atoms with Gasteiger partial charge in [0.05, 0.1) is 26.3 Å². The standard InChI is InChI=1S/C18H11Cl3F3NO3/c19-12-4-1-10(7-14(12)21)2-6-17(27)28-9-16(26)25-15-8-11(18(22,23)24)3-5-13(15)20/h1-8H,9H2,(H,25,26). The molecule has 2 aromatic rings. The van der Waals surface area contributed by atoms with E-state index in [0.717, 1.165) is 18.2 Å². The quantitative estimate of drug-likeness (QED) is 0.457. The predicted molar refractivity (Wildman–Crippen MR) is 102 cm³/mol. The van der Waals surface area contributed by atoms with E-state index in [4.69, 9.17) is 39.5 Å². The molecule has 2 rings (SSSR count). The fraction of sp³-hybridized carbons (Fsp3) is 0.111. The van der Waals surface area contributed by atoms with Crippen LogP contribution in [0.1, 0.15) is 11.1 Å². The van der Waals surface area contributed by atoms with E-state index in [1.165, 1.54) is 12.1 Å². The number of anilines is 1. The molecule has 0 aliphatic rings. The van der Waals surface area contributed by atoms with Crippen LogP contribution < -0.4 is 5.32 Å². The Morgan fingerprint density at radius 1 is 1.00 bits per heavy atom. The molecule has 0 aliphatic carbocycles. The van der Waals surface area contributed by atoms with Crippen LogP contribution in [-0.4, -0.2) is 18.5 Å². The minimum Gasteiger partial charge on any atom is -0.452 e. The number of esters is 1. The van der Waals surface area contributed by atoms with Gasteiger partial charge < -0.3 is 10.1 Å². The van der Waals surface area contributed by atoms with Crippen LogP contribution >= 0.6 is 34.8 Å². The summed E-state index contributed by atoms with van der Waals surface area (Å²) in [7, 11) is 0. The van der Waals surface area contributed by atoms with Crippen molar-refractivity contribution in [2.45, 2.75) is 6.18 Å². The van der Waals surface area contributed by atoms with Crippen LogP contribution in [-0.2, 0) is 20.5 Å². The highest BCUT2D eigenvalue weighted by atomic mass is 35.5. The van der Waals surface area contributed by atoms with E-state index in [9.17, 15) is 22.8 Å². The van der Waals surface area contributed by atoms with Gasteiger partial charge in [-0.2, -0.15) is 13.2 Å². The molecule has 1 N–H and O–H groups in total. The Hall–Kier alpha value is -2.22. The normalized spacial score (nSPS) is 11.5. The molecule has 148 valence electrons. The van der Waals surface area contributed by atoms with Gasteiger partial charge in [0.15, 0.2) is 6.61 Å².